The first-order valence-corrected chi connectivity index (χ1v) is 7.04. The normalized spacial score (nSPS) is 11.2. The van der Waals surface area contributed by atoms with E-state index in [1.807, 2.05) is 45.0 Å². The molecule has 0 heterocycles. The second-order valence-corrected chi connectivity index (χ2v) is 5.76. The number of carbonyl (C=O) groups excluding carboxylic acids is 1. The minimum atomic E-state index is -0.479. The van der Waals surface area contributed by atoms with Crippen molar-refractivity contribution in [3.05, 3.63) is 29.8 Å². The van der Waals surface area contributed by atoms with E-state index in [-0.39, 0.29) is 12.6 Å². The summed E-state index contributed by atoms with van der Waals surface area (Å²) in [6.07, 6.45) is 3.15. The molecule has 0 aliphatic rings. The monoisotopic (exact) mass is 279 g/mol. The third kappa shape index (κ3) is 7.14. The van der Waals surface area contributed by atoms with E-state index in [9.17, 15) is 4.79 Å². The zero-order chi connectivity index (χ0) is 15.0. The molecular weight excluding hydrogens is 254 g/mol. The van der Waals surface area contributed by atoms with Crippen molar-refractivity contribution >= 4 is 5.97 Å². The molecule has 20 heavy (non-hydrogen) atoms. The number of nitrogens with two attached hydrogens (primary N) is 1. The Kier molecular flexibility index (Phi) is 6.52. The van der Waals surface area contributed by atoms with Crippen molar-refractivity contribution in [1.29, 1.82) is 0 Å². The number of hydrogen-bond donors (Lipinski definition) is 1. The van der Waals surface area contributed by atoms with E-state index in [1.54, 1.807) is 0 Å². The molecule has 0 fully saturated rings. The molecule has 0 radical (unpaired) electrons. The molecule has 0 saturated carbocycles. The maximum absolute atomic E-state index is 11.5. The van der Waals surface area contributed by atoms with Gasteiger partial charge >= 0.3 is 5.97 Å². The standard InChI is InChI=1S/C16H25NO3/c1-16(2,3)20-15(18)12-19-14-9-7-13(8-10-14)6-4-5-11-17/h7-10H,4-6,11-12,17H2,1-3H3. The Morgan fingerprint density at radius 1 is 1.15 bits per heavy atom. The highest BCUT2D eigenvalue weighted by atomic mass is 16.6. The molecule has 1 aromatic rings. The number of rotatable bonds is 7. The lowest BCUT2D eigenvalue weighted by atomic mass is 10.1. The van der Waals surface area contributed by atoms with Gasteiger partial charge in [-0.05, 0) is 64.3 Å². The average molecular weight is 279 g/mol. The Balaban J connectivity index is 2.36. The summed E-state index contributed by atoms with van der Waals surface area (Å²) in [6.45, 7) is 6.17. The van der Waals surface area contributed by atoms with Gasteiger partial charge in [0.15, 0.2) is 6.61 Å². The summed E-state index contributed by atoms with van der Waals surface area (Å²) in [7, 11) is 0. The number of ether oxygens (including phenoxy) is 2. The van der Waals surface area contributed by atoms with Gasteiger partial charge in [-0.2, -0.15) is 0 Å². The largest absolute Gasteiger partial charge is 0.482 e. The van der Waals surface area contributed by atoms with Crippen LogP contribution in [0.25, 0.3) is 0 Å². The quantitative estimate of drug-likeness (QED) is 0.616. The van der Waals surface area contributed by atoms with Gasteiger partial charge in [-0.25, -0.2) is 4.79 Å². The Morgan fingerprint density at radius 2 is 1.80 bits per heavy atom. The fraction of sp³-hybridized carbons (Fsp3) is 0.562. The van der Waals surface area contributed by atoms with E-state index >= 15 is 0 Å². The number of esters is 1. The van der Waals surface area contributed by atoms with Gasteiger partial charge in [0.05, 0.1) is 0 Å². The Morgan fingerprint density at radius 3 is 2.35 bits per heavy atom. The van der Waals surface area contributed by atoms with Crippen LogP contribution in [0.4, 0.5) is 0 Å². The number of unbranched alkanes of at least 4 members (excludes halogenated alkanes) is 1. The molecule has 0 atom stereocenters. The van der Waals surface area contributed by atoms with Gasteiger partial charge in [-0.3, -0.25) is 0 Å². The van der Waals surface area contributed by atoms with Crippen molar-refractivity contribution in [2.75, 3.05) is 13.2 Å². The molecule has 1 aromatic carbocycles. The molecule has 4 heteroatoms. The van der Waals surface area contributed by atoms with Crippen LogP contribution < -0.4 is 10.5 Å². The van der Waals surface area contributed by atoms with Gasteiger partial charge in [-0.15, -0.1) is 0 Å². The molecule has 2 N–H and O–H groups in total. The Labute approximate surface area is 121 Å². The molecule has 0 amide bonds. The maximum atomic E-state index is 11.5. The van der Waals surface area contributed by atoms with Gasteiger partial charge in [-0.1, -0.05) is 12.1 Å². The van der Waals surface area contributed by atoms with E-state index in [2.05, 4.69) is 0 Å². The molecule has 0 unspecified atom stereocenters. The summed E-state index contributed by atoms with van der Waals surface area (Å²) in [5, 5.41) is 0. The van der Waals surface area contributed by atoms with Crippen LogP contribution in [0.1, 0.15) is 39.2 Å². The third-order valence-corrected chi connectivity index (χ3v) is 2.62. The number of carbonyl (C=O) groups is 1. The fourth-order valence-electron chi connectivity index (χ4n) is 1.74. The maximum Gasteiger partial charge on any atom is 0.344 e. The SMILES string of the molecule is CC(C)(C)OC(=O)COc1ccc(CCCCN)cc1. The van der Waals surface area contributed by atoms with Crippen LogP contribution in [0.3, 0.4) is 0 Å². The first-order valence-electron chi connectivity index (χ1n) is 7.04. The molecule has 1 rings (SSSR count). The fourth-order valence-corrected chi connectivity index (χ4v) is 1.74. The molecule has 0 spiro atoms. The molecule has 0 aliphatic carbocycles. The lowest BCUT2D eigenvalue weighted by molar-refractivity contribution is -0.157. The lowest BCUT2D eigenvalue weighted by Crippen LogP contribution is -2.27. The average Bonchev–Trinajstić information content (AvgIpc) is 2.36. The summed E-state index contributed by atoms with van der Waals surface area (Å²) >= 11 is 0. The molecule has 4 nitrogen and oxygen atoms in total. The van der Waals surface area contributed by atoms with Gasteiger partial charge in [0, 0.05) is 0 Å². The molecule has 0 aliphatic heterocycles. The second kappa shape index (κ2) is 7.90. The first kappa shape index (κ1) is 16.5. The summed E-state index contributed by atoms with van der Waals surface area (Å²) in [4.78, 5) is 11.5. The van der Waals surface area contributed by atoms with Crippen LogP contribution in [-0.4, -0.2) is 24.7 Å². The Hall–Kier alpha value is -1.55. The molecule has 0 aromatic heterocycles. The van der Waals surface area contributed by atoms with E-state index < -0.39 is 5.60 Å². The predicted octanol–water partition coefficient (Wildman–Crippen LogP) is 2.69. The van der Waals surface area contributed by atoms with Gasteiger partial charge < -0.3 is 15.2 Å². The van der Waals surface area contributed by atoms with Gasteiger partial charge in [0.25, 0.3) is 0 Å². The van der Waals surface area contributed by atoms with Crippen LogP contribution in [0.2, 0.25) is 0 Å². The number of hydrogen-bond acceptors (Lipinski definition) is 4. The highest BCUT2D eigenvalue weighted by Crippen LogP contribution is 2.14. The highest BCUT2D eigenvalue weighted by molar-refractivity contribution is 5.71. The minimum Gasteiger partial charge on any atom is -0.482 e. The zero-order valence-corrected chi connectivity index (χ0v) is 12.6. The van der Waals surface area contributed by atoms with E-state index in [4.69, 9.17) is 15.2 Å². The van der Waals surface area contributed by atoms with Crippen molar-refractivity contribution < 1.29 is 14.3 Å². The predicted molar refractivity (Wildman–Crippen MR) is 79.8 cm³/mol. The topological polar surface area (TPSA) is 61.5 Å². The van der Waals surface area contributed by atoms with E-state index in [0.29, 0.717) is 5.75 Å². The van der Waals surface area contributed by atoms with Gasteiger partial charge in [0.2, 0.25) is 0 Å². The third-order valence-electron chi connectivity index (χ3n) is 2.62. The summed E-state index contributed by atoms with van der Waals surface area (Å²) in [6, 6.07) is 7.78. The van der Waals surface area contributed by atoms with Crippen molar-refractivity contribution in [1.82, 2.24) is 0 Å². The lowest BCUT2D eigenvalue weighted by Gasteiger charge is -2.19. The second-order valence-electron chi connectivity index (χ2n) is 5.76. The molecule has 0 saturated heterocycles. The number of aryl methyl sites for hydroxylation is 1. The van der Waals surface area contributed by atoms with Crippen LogP contribution >= 0.6 is 0 Å². The smallest absolute Gasteiger partial charge is 0.344 e. The van der Waals surface area contributed by atoms with E-state index in [1.165, 1.54) is 5.56 Å². The van der Waals surface area contributed by atoms with E-state index in [0.717, 1.165) is 25.8 Å². The molecule has 0 bridgehead atoms. The van der Waals surface area contributed by atoms with Crippen LogP contribution in [0.5, 0.6) is 5.75 Å². The molecule has 112 valence electrons. The van der Waals surface area contributed by atoms with Crippen LogP contribution in [0, 0.1) is 0 Å². The van der Waals surface area contributed by atoms with Crippen LogP contribution in [-0.2, 0) is 16.0 Å². The number of benzene rings is 1. The van der Waals surface area contributed by atoms with Crippen molar-refractivity contribution in [3.63, 3.8) is 0 Å². The Bertz CT molecular complexity index is 407. The summed E-state index contributed by atoms with van der Waals surface area (Å²) in [5.41, 5.74) is 6.24. The molecular formula is C16H25NO3. The minimum absolute atomic E-state index is 0.0657. The first-order chi connectivity index (χ1) is 9.40. The van der Waals surface area contributed by atoms with Gasteiger partial charge in [0.1, 0.15) is 11.4 Å². The van der Waals surface area contributed by atoms with Crippen molar-refractivity contribution in [2.24, 2.45) is 5.73 Å². The summed E-state index contributed by atoms with van der Waals surface area (Å²) < 4.78 is 10.6. The zero-order valence-electron chi connectivity index (χ0n) is 12.6. The highest BCUT2D eigenvalue weighted by Gasteiger charge is 2.16. The van der Waals surface area contributed by atoms with Crippen LogP contribution in [0.15, 0.2) is 24.3 Å². The van der Waals surface area contributed by atoms with Crippen molar-refractivity contribution in [3.8, 4) is 5.75 Å². The van der Waals surface area contributed by atoms with Crippen molar-refractivity contribution in [2.45, 2.75) is 45.6 Å². The summed E-state index contributed by atoms with van der Waals surface area (Å²) in [5.74, 6) is 0.322.